The van der Waals surface area contributed by atoms with Gasteiger partial charge in [-0.05, 0) is 49.6 Å². The summed E-state index contributed by atoms with van der Waals surface area (Å²) in [4.78, 5) is 17.5. The van der Waals surface area contributed by atoms with Gasteiger partial charge in [-0.2, -0.15) is 11.8 Å². The van der Waals surface area contributed by atoms with Crippen molar-refractivity contribution in [1.82, 2.24) is 4.98 Å². The number of halogens is 1. The van der Waals surface area contributed by atoms with E-state index in [9.17, 15) is 4.79 Å². The molecule has 1 atom stereocenters. The minimum absolute atomic E-state index is 0. The number of thiazole rings is 1. The summed E-state index contributed by atoms with van der Waals surface area (Å²) < 4.78 is 1.02. The highest BCUT2D eigenvalue weighted by Crippen LogP contribution is 2.30. The quantitative estimate of drug-likeness (QED) is 0.747. The minimum Gasteiger partial charge on any atom is -0.325 e. The van der Waals surface area contributed by atoms with E-state index in [0.29, 0.717) is 6.42 Å². The summed E-state index contributed by atoms with van der Waals surface area (Å²) in [6.45, 7) is 1.99. The molecule has 0 radical (unpaired) electrons. The second-order valence-corrected chi connectivity index (χ2v) is 7.92. The van der Waals surface area contributed by atoms with Crippen LogP contribution in [0.2, 0.25) is 0 Å². The number of hydrogen-bond donors (Lipinski definition) is 2. The third-order valence-electron chi connectivity index (χ3n) is 2.89. The van der Waals surface area contributed by atoms with Gasteiger partial charge in [0, 0.05) is 21.7 Å². The van der Waals surface area contributed by atoms with Crippen LogP contribution in [0.4, 0.5) is 5.69 Å². The average Bonchev–Trinajstić information content (AvgIpc) is 2.91. The topological polar surface area (TPSA) is 68.0 Å². The molecule has 8 heteroatoms. The van der Waals surface area contributed by atoms with Crippen molar-refractivity contribution >= 4 is 58.9 Å². The molecule has 1 heterocycles. The van der Waals surface area contributed by atoms with Crippen molar-refractivity contribution in [2.75, 3.05) is 17.3 Å². The van der Waals surface area contributed by atoms with Crippen molar-refractivity contribution in [3.05, 3.63) is 35.3 Å². The summed E-state index contributed by atoms with van der Waals surface area (Å²) in [5, 5.41) is 4.88. The number of nitrogens with zero attached hydrogens (tertiary/aromatic N) is 1. The normalized spacial score (nSPS) is 11.6. The number of nitrogens with one attached hydrogen (secondary N) is 1. The van der Waals surface area contributed by atoms with Crippen LogP contribution in [0.3, 0.4) is 0 Å². The number of thioether (sulfide) groups is 1. The van der Waals surface area contributed by atoms with Crippen molar-refractivity contribution in [1.29, 1.82) is 0 Å². The highest BCUT2D eigenvalue weighted by Gasteiger charge is 2.13. The molecule has 2 rings (SSSR count). The van der Waals surface area contributed by atoms with Crippen LogP contribution in [0.15, 0.2) is 38.9 Å². The van der Waals surface area contributed by atoms with Crippen LogP contribution in [-0.4, -0.2) is 28.9 Å². The van der Waals surface area contributed by atoms with Crippen LogP contribution in [0.25, 0.3) is 0 Å². The van der Waals surface area contributed by atoms with Crippen LogP contribution >= 0.6 is 47.3 Å². The third kappa shape index (κ3) is 6.73. The molecule has 0 bridgehead atoms. The molecule has 0 spiro atoms. The SMILES string of the molecule is CSCC[C@H](N)C(=O)Nc1ccc(Sc2nc(C)cs2)cc1.Cl. The molecule has 0 aliphatic rings. The van der Waals surface area contributed by atoms with Crippen LogP contribution in [0, 0.1) is 6.92 Å². The van der Waals surface area contributed by atoms with Gasteiger partial charge in [-0.1, -0.05) is 11.8 Å². The first-order valence-corrected chi connectivity index (χ1v) is 9.93. The monoisotopic (exact) mass is 389 g/mol. The smallest absolute Gasteiger partial charge is 0.241 e. The van der Waals surface area contributed by atoms with Crippen molar-refractivity contribution in [3.63, 3.8) is 0 Å². The maximum absolute atomic E-state index is 11.9. The molecule has 0 saturated carbocycles. The zero-order chi connectivity index (χ0) is 15.9. The summed E-state index contributed by atoms with van der Waals surface area (Å²) in [6, 6.07) is 7.28. The largest absolute Gasteiger partial charge is 0.325 e. The number of amides is 1. The first-order valence-electron chi connectivity index (χ1n) is 6.84. The van der Waals surface area contributed by atoms with E-state index >= 15 is 0 Å². The Morgan fingerprint density at radius 2 is 2.09 bits per heavy atom. The second-order valence-electron chi connectivity index (χ2n) is 4.76. The molecule has 0 saturated heterocycles. The molecule has 0 fully saturated rings. The van der Waals surface area contributed by atoms with Crippen LogP contribution in [0.1, 0.15) is 12.1 Å². The lowest BCUT2D eigenvalue weighted by Crippen LogP contribution is -2.36. The average molecular weight is 390 g/mol. The second kappa shape index (κ2) is 10.2. The van der Waals surface area contributed by atoms with Gasteiger partial charge in [0.1, 0.15) is 0 Å². The zero-order valence-corrected chi connectivity index (χ0v) is 16.2. The molecule has 4 nitrogen and oxygen atoms in total. The Labute approximate surface area is 155 Å². The molecule has 0 unspecified atom stereocenters. The summed E-state index contributed by atoms with van der Waals surface area (Å²) in [5.41, 5.74) is 7.65. The number of rotatable bonds is 7. The van der Waals surface area contributed by atoms with E-state index in [1.165, 1.54) is 0 Å². The van der Waals surface area contributed by atoms with E-state index in [-0.39, 0.29) is 18.3 Å². The van der Waals surface area contributed by atoms with Crippen molar-refractivity contribution in [3.8, 4) is 0 Å². The van der Waals surface area contributed by atoms with Gasteiger partial charge in [0.15, 0.2) is 4.34 Å². The Balaban J connectivity index is 0.00000264. The fourth-order valence-electron chi connectivity index (χ4n) is 1.70. The lowest BCUT2D eigenvalue weighted by Gasteiger charge is -2.11. The molecule has 0 aliphatic heterocycles. The van der Waals surface area contributed by atoms with Crippen LogP contribution in [0.5, 0.6) is 0 Å². The van der Waals surface area contributed by atoms with Crippen molar-refractivity contribution < 1.29 is 4.79 Å². The number of aryl methyl sites for hydroxylation is 1. The Morgan fingerprint density at radius 1 is 1.39 bits per heavy atom. The van der Waals surface area contributed by atoms with E-state index in [1.54, 1.807) is 34.9 Å². The molecule has 3 N–H and O–H groups in total. The number of anilines is 1. The first-order chi connectivity index (χ1) is 10.6. The highest BCUT2D eigenvalue weighted by molar-refractivity contribution is 8.01. The predicted octanol–water partition coefficient (Wildman–Crippen LogP) is 4.04. The molecule has 23 heavy (non-hydrogen) atoms. The Bertz CT molecular complexity index is 619. The number of carbonyl (C=O) groups is 1. The van der Waals surface area contributed by atoms with E-state index < -0.39 is 6.04 Å². The molecule has 2 aromatic rings. The van der Waals surface area contributed by atoms with Crippen LogP contribution < -0.4 is 11.1 Å². The van der Waals surface area contributed by atoms with Gasteiger partial charge in [0.2, 0.25) is 5.91 Å². The zero-order valence-electron chi connectivity index (χ0n) is 12.9. The van der Waals surface area contributed by atoms with Gasteiger partial charge in [0.05, 0.1) is 6.04 Å². The summed E-state index contributed by atoms with van der Waals surface area (Å²) in [7, 11) is 0. The van der Waals surface area contributed by atoms with Gasteiger partial charge < -0.3 is 11.1 Å². The number of nitrogens with two attached hydrogens (primary N) is 1. The molecular formula is C15H20ClN3OS3. The summed E-state index contributed by atoms with van der Waals surface area (Å²) in [5.74, 6) is 0.752. The third-order valence-corrected chi connectivity index (χ3v) is 5.60. The van der Waals surface area contributed by atoms with Gasteiger partial charge >= 0.3 is 0 Å². The van der Waals surface area contributed by atoms with E-state index in [0.717, 1.165) is 26.4 Å². The number of hydrogen-bond acceptors (Lipinski definition) is 6. The maximum Gasteiger partial charge on any atom is 0.241 e. The van der Waals surface area contributed by atoms with E-state index in [4.69, 9.17) is 5.73 Å². The maximum atomic E-state index is 11.9. The van der Waals surface area contributed by atoms with Gasteiger partial charge in [0.25, 0.3) is 0 Å². The molecule has 1 aromatic heterocycles. The van der Waals surface area contributed by atoms with Crippen LogP contribution in [-0.2, 0) is 4.79 Å². The minimum atomic E-state index is -0.459. The predicted molar refractivity (Wildman–Crippen MR) is 104 cm³/mol. The number of aromatic nitrogens is 1. The molecule has 126 valence electrons. The fraction of sp³-hybridized carbons (Fsp3) is 0.333. The van der Waals surface area contributed by atoms with E-state index in [1.807, 2.05) is 42.8 Å². The van der Waals surface area contributed by atoms with Gasteiger partial charge in [-0.25, -0.2) is 4.98 Å². The molecule has 0 aliphatic carbocycles. The molecule has 1 amide bonds. The standard InChI is InChI=1S/C15H19N3OS3.ClH/c1-10-9-21-15(17-10)22-12-5-3-11(4-6-12)18-14(19)13(16)7-8-20-2;/h3-6,9,13H,7-8,16H2,1-2H3,(H,18,19);1H/t13-;/m0./s1. The molecule has 1 aromatic carbocycles. The lowest BCUT2D eigenvalue weighted by molar-refractivity contribution is -0.117. The fourth-order valence-corrected chi connectivity index (χ4v) is 4.00. The highest BCUT2D eigenvalue weighted by atomic mass is 35.5. The van der Waals surface area contributed by atoms with Gasteiger partial charge in [-0.3, -0.25) is 4.79 Å². The molecular weight excluding hydrogens is 370 g/mol. The summed E-state index contributed by atoms with van der Waals surface area (Å²) >= 11 is 4.95. The Morgan fingerprint density at radius 3 is 2.65 bits per heavy atom. The van der Waals surface area contributed by atoms with Crippen molar-refractivity contribution in [2.24, 2.45) is 5.73 Å². The Kier molecular flexibility index (Phi) is 9.01. The Hall–Kier alpha value is -0.730. The number of carbonyl (C=O) groups excluding carboxylic acids is 1. The number of benzene rings is 1. The van der Waals surface area contributed by atoms with Gasteiger partial charge in [-0.15, -0.1) is 23.7 Å². The van der Waals surface area contributed by atoms with E-state index in [2.05, 4.69) is 10.3 Å². The first kappa shape index (κ1) is 20.3. The summed E-state index contributed by atoms with van der Waals surface area (Å²) in [6.07, 6.45) is 2.69. The van der Waals surface area contributed by atoms with Crippen molar-refractivity contribution in [2.45, 2.75) is 28.6 Å². The lowest BCUT2D eigenvalue weighted by atomic mass is 10.2.